The Bertz CT molecular complexity index is 248. The number of hydrogen-bond acceptors (Lipinski definition) is 2. The maximum Gasteiger partial charge on any atom is 0.0404 e. The molecule has 0 bridgehead atoms. The van der Waals surface area contributed by atoms with Crippen molar-refractivity contribution in [3.05, 3.63) is 30.1 Å². The summed E-state index contributed by atoms with van der Waals surface area (Å²) >= 11 is 0. The van der Waals surface area contributed by atoms with Gasteiger partial charge in [0.2, 0.25) is 0 Å². The first-order chi connectivity index (χ1) is 6.45. The Morgan fingerprint density at radius 3 is 2.80 bits per heavy atom. The number of halogens is 2. The van der Waals surface area contributed by atoms with Gasteiger partial charge in [-0.05, 0) is 44.4 Å². The van der Waals surface area contributed by atoms with Gasteiger partial charge in [-0.1, -0.05) is 6.07 Å². The minimum Gasteiger partial charge on any atom is -0.314 e. The maximum absolute atomic E-state index is 4.31. The van der Waals surface area contributed by atoms with Crippen LogP contribution in [0.3, 0.4) is 0 Å². The molecule has 0 aromatic carbocycles. The number of aromatic nitrogens is 1. The maximum atomic E-state index is 4.31. The molecule has 1 aromatic rings. The van der Waals surface area contributed by atoms with Crippen molar-refractivity contribution in [2.75, 3.05) is 6.54 Å². The van der Waals surface area contributed by atoms with E-state index in [1.807, 2.05) is 12.3 Å². The fraction of sp³-hybridized carbons (Fsp3) is 0.545. The van der Waals surface area contributed by atoms with Crippen LogP contribution in [0.15, 0.2) is 24.4 Å². The molecule has 1 atom stereocenters. The van der Waals surface area contributed by atoms with E-state index in [9.17, 15) is 0 Å². The number of pyridine rings is 1. The van der Waals surface area contributed by atoms with Gasteiger partial charge >= 0.3 is 0 Å². The molecule has 1 aliphatic heterocycles. The van der Waals surface area contributed by atoms with Crippen LogP contribution in [0.4, 0.5) is 0 Å². The molecule has 15 heavy (non-hydrogen) atoms. The van der Waals surface area contributed by atoms with Gasteiger partial charge in [-0.25, -0.2) is 0 Å². The number of nitrogens with one attached hydrogen (secondary N) is 1. The predicted octanol–water partition coefficient (Wildman–Crippen LogP) is 2.61. The SMILES string of the molecule is Cl.Cl.c1ccc(CC[C@H]2CCCN2)nc1. The number of rotatable bonds is 3. The van der Waals surface area contributed by atoms with Gasteiger partial charge in [-0.3, -0.25) is 4.98 Å². The van der Waals surface area contributed by atoms with Gasteiger partial charge in [-0.15, -0.1) is 24.8 Å². The summed E-state index contributed by atoms with van der Waals surface area (Å²) in [4.78, 5) is 4.31. The highest BCUT2D eigenvalue weighted by Gasteiger charge is 2.13. The molecule has 0 radical (unpaired) electrons. The summed E-state index contributed by atoms with van der Waals surface area (Å²) < 4.78 is 0. The highest BCUT2D eigenvalue weighted by molar-refractivity contribution is 5.85. The zero-order chi connectivity index (χ0) is 8.93. The van der Waals surface area contributed by atoms with Gasteiger partial charge in [0.15, 0.2) is 0 Å². The van der Waals surface area contributed by atoms with Crippen LogP contribution in [0.5, 0.6) is 0 Å². The summed E-state index contributed by atoms with van der Waals surface area (Å²) in [5.74, 6) is 0. The van der Waals surface area contributed by atoms with Crippen molar-refractivity contribution < 1.29 is 0 Å². The van der Waals surface area contributed by atoms with Crippen LogP contribution in [0.2, 0.25) is 0 Å². The molecule has 0 spiro atoms. The Morgan fingerprint density at radius 2 is 2.20 bits per heavy atom. The minimum atomic E-state index is 0. The van der Waals surface area contributed by atoms with E-state index >= 15 is 0 Å². The van der Waals surface area contributed by atoms with Gasteiger partial charge in [-0.2, -0.15) is 0 Å². The summed E-state index contributed by atoms with van der Waals surface area (Å²) in [7, 11) is 0. The van der Waals surface area contributed by atoms with E-state index in [1.54, 1.807) is 0 Å². The van der Waals surface area contributed by atoms with Crippen LogP contribution in [-0.2, 0) is 6.42 Å². The molecule has 0 amide bonds. The van der Waals surface area contributed by atoms with Crippen LogP contribution in [0.1, 0.15) is 25.0 Å². The predicted molar refractivity (Wildman–Crippen MR) is 68.1 cm³/mol. The zero-order valence-electron chi connectivity index (χ0n) is 8.69. The largest absolute Gasteiger partial charge is 0.314 e. The number of nitrogens with zero attached hydrogens (tertiary/aromatic N) is 1. The van der Waals surface area contributed by atoms with E-state index in [0.717, 1.165) is 12.5 Å². The number of aryl methyl sites for hydroxylation is 1. The molecule has 0 saturated carbocycles. The quantitative estimate of drug-likeness (QED) is 0.890. The Balaban J connectivity index is 0.000000980. The van der Waals surface area contributed by atoms with Crippen molar-refractivity contribution in [1.29, 1.82) is 0 Å². The molecule has 1 saturated heterocycles. The third-order valence-corrected chi connectivity index (χ3v) is 2.64. The second kappa shape index (κ2) is 7.91. The van der Waals surface area contributed by atoms with Crippen molar-refractivity contribution in [3.8, 4) is 0 Å². The van der Waals surface area contributed by atoms with Crippen LogP contribution in [-0.4, -0.2) is 17.6 Å². The Kier molecular flexibility index (Phi) is 7.75. The van der Waals surface area contributed by atoms with E-state index in [-0.39, 0.29) is 24.8 Å². The van der Waals surface area contributed by atoms with Gasteiger partial charge < -0.3 is 5.32 Å². The summed E-state index contributed by atoms with van der Waals surface area (Å²) in [6.45, 7) is 1.20. The average Bonchev–Trinajstić information content (AvgIpc) is 2.69. The second-order valence-electron chi connectivity index (χ2n) is 3.65. The number of hydrogen-bond donors (Lipinski definition) is 1. The van der Waals surface area contributed by atoms with E-state index in [2.05, 4.69) is 22.4 Å². The monoisotopic (exact) mass is 248 g/mol. The van der Waals surface area contributed by atoms with Gasteiger partial charge in [0.05, 0.1) is 0 Å². The normalized spacial score (nSPS) is 19.1. The van der Waals surface area contributed by atoms with Crippen molar-refractivity contribution in [2.45, 2.75) is 31.7 Å². The summed E-state index contributed by atoms with van der Waals surface area (Å²) in [6, 6.07) is 6.87. The lowest BCUT2D eigenvalue weighted by Crippen LogP contribution is -2.21. The topological polar surface area (TPSA) is 24.9 Å². The van der Waals surface area contributed by atoms with Gasteiger partial charge in [0.25, 0.3) is 0 Å². The van der Waals surface area contributed by atoms with Crippen molar-refractivity contribution in [1.82, 2.24) is 10.3 Å². The summed E-state index contributed by atoms with van der Waals surface area (Å²) in [6.07, 6.45) is 6.90. The summed E-state index contributed by atoms with van der Waals surface area (Å²) in [5, 5.41) is 3.50. The molecule has 0 unspecified atom stereocenters. The van der Waals surface area contributed by atoms with E-state index in [0.29, 0.717) is 0 Å². The van der Waals surface area contributed by atoms with E-state index in [4.69, 9.17) is 0 Å². The average molecular weight is 249 g/mol. The molecule has 4 heteroatoms. The molecular weight excluding hydrogens is 231 g/mol. The lowest BCUT2D eigenvalue weighted by atomic mass is 10.1. The van der Waals surface area contributed by atoms with Crippen LogP contribution < -0.4 is 5.32 Å². The van der Waals surface area contributed by atoms with Crippen LogP contribution in [0.25, 0.3) is 0 Å². The molecule has 2 rings (SSSR count). The third kappa shape index (κ3) is 4.83. The fourth-order valence-electron chi connectivity index (χ4n) is 1.87. The lowest BCUT2D eigenvalue weighted by molar-refractivity contribution is 0.555. The molecule has 1 aromatic heterocycles. The Hall–Kier alpha value is -0.310. The smallest absolute Gasteiger partial charge is 0.0404 e. The van der Waals surface area contributed by atoms with Crippen LogP contribution in [0, 0.1) is 0 Å². The van der Waals surface area contributed by atoms with Crippen LogP contribution >= 0.6 is 24.8 Å². The molecule has 0 aliphatic carbocycles. The first kappa shape index (κ1) is 14.7. The third-order valence-electron chi connectivity index (χ3n) is 2.64. The molecule has 1 aliphatic rings. The van der Waals surface area contributed by atoms with Gasteiger partial charge in [0.1, 0.15) is 0 Å². The zero-order valence-corrected chi connectivity index (χ0v) is 10.3. The Labute approximate surface area is 104 Å². The highest BCUT2D eigenvalue weighted by atomic mass is 35.5. The van der Waals surface area contributed by atoms with Crippen molar-refractivity contribution in [3.63, 3.8) is 0 Å². The minimum absolute atomic E-state index is 0. The highest BCUT2D eigenvalue weighted by Crippen LogP contribution is 2.11. The molecule has 1 fully saturated rings. The fourth-order valence-corrected chi connectivity index (χ4v) is 1.87. The van der Waals surface area contributed by atoms with Crippen molar-refractivity contribution >= 4 is 24.8 Å². The van der Waals surface area contributed by atoms with E-state index in [1.165, 1.54) is 31.5 Å². The molecule has 1 N–H and O–H groups in total. The first-order valence-corrected chi connectivity index (χ1v) is 5.08. The van der Waals surface area contributed by atoms with E-state index < -0.39 is 0 Å². The standard InChI is InChI=1S/C11H16N2.2ClH/c1-2-8-12-10(4-1)6-7-11-5-3-9-13-11;;/h1-2,4,8,11,13H,3,5-7,9H2;2*1H/t11-;;/m1../s1. The molecular formula is C11H18Cl2N2. The lowest BCUT2D eigenvalue weighted by Gasteiger charge is -2.08. The molecule has 2 heterocycles. The second-order valence-corrected chi connectivity index (χ2v) is 3.65. The molecule has 2 nitrogen and oxygen atoms in total. The van der Waals surface area contributed by atoms with Gasteiger partial charge in [0, 0.05) is 17.9 Å². The Morgan fingerprint density at radius 1 is 1.33 bits per heavy atom. The first-order valence-electron chi connectivity index (χ1n) is 5.08. The molecule has 86 valence electrons. The summed E-state index contributed by atoms with van der Waals surface area (Å²) in [5.41, 5.74) is 1.22. The van der Waals surface area contributed by atoms with Crippen molar-refractivity contribution in [2.24, 2.45) is 0 Å².